The summed E-state index contributed by atoms with van der Waals surface area (Å²) >= 11 is 0. The first kappa shape index (κ1) is 20.1. The number of rotatable bonds is 4. The van der Waals surface area contributed by atoms with Crippen LogP contribution in [0.2, 0.25) is 0 Å². The van der Waals surface area contributed by atoms with Crippen molar-refractivity contribution in [1.82, 2.24) is 15.2 Å². The zero-order valence-corrected chi connectivity index (χ0v) is 14.9. The molecule has 0 saturated carbocycles. The van der Waals surface area contributed by atoms with E-state index in [1.165, 1.54) is 4.90 Å². The molecule has 0 aromatic carbocycles. The van der Waals surface area contributed by atoms with Gasteiger partial charge >= 0.3 is 12.3 Å². The molecule has 0 bridgehead atoms. The molecule has 10 heteroatoms. The number of nitrogens with one attached hydrogen (secondary N) is 1. The molecule has 0 unspecified atom stereocenters. The zero-order valence-electron chi connectivity index (χ0n) is 14.9. The molecule has 152 valence electrons. The maximum absolute atomic E-state index is 13.2. The Hall–Kier alpha value is -2.62. The first-order valence-corrected chi connectivity index (χ1v) is 8.79. The third kappa shape index (κ3) is 3.96. The SMILES string of the molecule is O=C(O)N[C@@H]1C=C[C@](CCO)(C(=O)N2CCc3ncc(C(F)(F)F)cc3C2)C1. The van der Waals surface area contributed by atoms with Crippen LogP contribution in [0.1, 0.15) is 29.7 Å². The van der Waals surface area contributed by atoms with Gasteiger partial charge in [0.2, 0.25) is 5.91 Å². The maximum Gasteiger partial charge on any atom is 0.417 e. The average molecular weight is 399 g/mol. The highest BCUT2D eigenvalue weighted by atomic mass is 19.4. The van der Waals surface area contributed by atoms with Gasteiger partial charge in [-0.3, -0.25) is 9.78 Å². The normalized spacial score (nSPS) is 24.1. The lowest BCUT2D eigenvalue weighted by molar-refractivity contribution is -0.141. The lowest BCUT2D eigenvalue weighted by Crippen LogP contribution is -2.46. The van der Waals surface area contributed by atoms with Crippen LogP contribution in [0.15, 0.2) is 24.4 Å². The van der Waals surface area contributed by atoms with E-state index in [2.05, 4.69) is 10.3 Å². The van der Waals surface area contributed by atoms with E-state index in [4.69, 9.17) is 5.11 Å². The number of carbonyl (C=O) groups excluding carboxylic acids is 1. The van der Waals surface area contributed by atoms with Gasteiger partial charge in [0.15, 0.2) is 0 Å². The van der Waals surface area contributed by atoms with Crippen molar-refractivity contribution >= 4 is 12.0 Å². The fraction of sp³-hybridized carbons (Fsp3) is 0.500. The summed E-state index contributed by atoms with van der Waals surface area (Å²) in [6.07, 6.45) is -1.20. The van der Waals surface area contributed by atoms with Crippen molar-refractivity contribution in [1.29, 1.82) is 0 Å². The van der Waals surface area contributed by atoms with E-state index >= 15 is 0 Å². The second-order valence-corrected chi connectivity index (χ2v) is 7.05. The van der Waals surface area contributed by atoms with Gasteiger partial charge in [0.25, 0.3) is 0 Å². The number of carboxylic acid groups (broad SMARTS) is 1. The molecule has 2 heterocycles. The molecule has 3 rings (SSSR count). The van der Waals surface area contributed by atoms with Gasteiger partial charge in [0.05, 0.1) is 17.0 Å². The van der Waals surface area contributed by atoms with E-state index in [-0.39, 0.29) is 31.9 Å². The van der Waals surface area contributed by atoms with Crippen molar-refractivity contribution < 1.29 is 33.0 Å². The largest absolute Gasteiger partial charge is 0.465 e. The van der Waals surface area contributed by atoms with E-state index in [1.54, 1.807) is 12.2 Å². The quantitative estimate of drug-likeness (QED) is 0.672. The highest BCUT2D eigenvalue weighted by Gasteiger charge is 2.44. The molecule has 0 radical (unpaired) electrons. The summed E-state index contributed by atoms with van der Waals surface area (Å²) in [4.78, 5) is 29.4. The Morgan fingerprint density at radius 2 is 2.14 bits per heavy atom. The van der Waals surface area contributed by atoms with Crippen molar-refractivity contribution in [2.75, 3.05) is 13.2 Å². The molecular weight excluding hydrogens is 379 g/mol. The Morgan fingerprint density at radius 1 is 1.39 bits per heavy atom. The van der Waals surface area contributed by atoms with Gasteiger partial charge in [0.1, 0.15) is 0 Å². The molecule has 1 aliphatic carbocycles. The fourth-order valence-corrected chi connectivity index (χ4v) is 3.81. The number of fused-ring (bicyclic) bond motifs is 1. The monoisotopic (exact) mass is 399 g/mol. The van der Waals surface area contributed by atoms with Gasteiger partial charge in [-0.1, -0.05) is 12.2 Å². The van der Waals surface area contributed by atoms with Gasteiger partial charge < -0.3 is 20.4 Å². The Morgan fingerprint density at radius 3 is 2.79 bits per heavy atom. The number of alkyl halides is 3. The van der Waals surface area contributed by atoms with Crippen LogP contribution in [0.3, 0.4) is 0 Å². The fourth-order valence-electron chi connectivity index (χ4n) is 3.81. The summed E-state index contributed by atoms with van der Waals surface area (Å²) < 4.78 is 38.9. The van der Waals surface area contributed by atoms with Crippen LogP contribution in [-0.2, 0) is 23.9 Å². The summed E-state index contributed by atoms with van der Waals surface area (Å²) in [5, 5.41) is 20.6. The van der Waals surface area contributed by atoms with Crippen LogP contribution in [-0.4, -0.2) is 51.3 Å². The summed E-state index contributed by atoms with van der Waals surface area (Å²) in [7, 11) is 0. The van der Waals surface area contributed by atoms with Crippen molar-refractivity contribution in [3.8, 4) is 0 Å². The molecular formula is C18H20F3N3O4. The van der Waals surface area contributed by atoms with Crippen LogP contribution < -0.4 is 5.32 Å². The number of hydrogen-bond donors (Lipinski definition) is 3. The van der Waals surface area contributed by atoms with Crippen molar-refractivity contribution in [2.24, 2.45) is 5.41 Å². The number of aliphatic hydroxyl groups excluding tert-OH is 1. The van der Waals surface area contributed by atoms with Crippen LogP contribution in [0, 0.1) is 5.41 Å². The number of nitrogens with zero attached hydrogens (tertiary/aromatic N) is 2. The van der Waals surface area contributed by atoms with Crippen molar-refractivity contribution in [3.05, 3.63) is 41.2 Å². The molecule has 1 aliphatic heterocycles. The maximum atomic E-state index is 13.2. The number of carbonyl (C=O) groups is 2. The third-order valence-electron chi connectivity index (χ3n) is 5.18. The number of aromatic nitrogens is 1. The Bertz CT molecular complexity index is 812. The van der Waals surface area contributed by atoms with Gasteiger partial charge in [0, 0.05) is 38.0 Å². The second kappa shape index (κ2) is 7.42. The number of amides is 2. The minimum atomic E-state index is -4.52. The number of hydrogen-bond acceptors (Lipinski definition) is 4. The van der Waals surface area contributed by atoms with E-state index in [0.717, 1.165) is 12.3 Å². The lowest BCUT2D eigenvalue weighted by atomic mass is 9.81. The van der Waals surface area contributed by atoms with E-state index in [9.17, 15) is 27.9 Å². The van der Waals surface area contributed by atoms with E-state index in [1.807, 2.05) is 0 Å². The second-order valence-electron chi connectivity index (χ2n) is 7.05. The molecule has 2 amide bonds. The molecule has 0 spiro atoms. The van der Waals surface area contributed by atoms with Crippen molar-refractivity contribution in [2.45, 2.75) is 38.0 Å². The van der Waals surface area contributed by atoms with E-state index in [0.29, 0.717) is 24.2 Å². The first-order chi connectivity index (χ1) is 13.1. The predicted octanol–water partition coefficient (Wildman–Crippen LogP) is 1.95. The Kier molecular flexibility index (Phi) is 5.33. The lowest BCUT2D eigenvalue weighted by Gasteiger charge is -2.36. The molecule has 1 aromatic heterocycles. The standard InChI is InChI=1S/C18H20F3N3O4/c19-18(20,21)12-7-11-10-24(5-2-14(11)22-9-12)15(26)17(4-6-25)3-1-13(8-17)23-16(27)28/h1,3,7,9,13,23,25H,2,4-6,8,10H2,(H,27,28)/t13-,17-/m1/s1. The topological polar surface area (TPSA) is 103 Å². The molecule has 2 atom stereocenters. The highest BCUT2D eigenvalue weighted by Crippen LogP contribution is 2.39. The average Bonchev–Trinajstić information content (AvgIpc) is 3.02. The molecule has 2 aliphatic rings. The van der Waals surface area contributed by atoms with Gasteiger partial charge in [-0.2, -0.15) is 13.2 Å². The van der Waals surface area contributed by atoms with Gasteiger partial charge in [-0.05, 0) is 24.5 Å². The third-order valence-corrected chi connectivity index (χ3v) is 5.18. The van der Waals surface area contributed by atoms with Crippen LogP contribution in [0.4, 0.5) is 18.0 Å². The molecule has 0 fully saturated rings. The summed E-state index contributed by atoms with van der Waals surface area (Å²) in [6.45, 7) is 0.00541. The van der Waals surface area contributed by atoms with Crippen molar-refractivity contribution in [3.63, 3.8) is 0 Å². The minimum absolute atomic E-state index is 0.0108. The smallest absolute Gasteiger partial charge is 0.417 e. The molecule has 1 aromatic rings. The predicted molar refractivity (Wildman–Crippen MR) is 91.2 cm³/mol. The zero-order chi connectivity index (χ0) is 20.5. The van der Waals surface area contributed by atoms with E-state index < -0.39 is 29.3 Å². The summed E-state index contributed by atoms with van der Waals surface area (Å²) in [5.74, 6) is -0.337. The highest BCUT2D eigenvalue weighted by molar-refractivity contribution is 5.86. The molecule has 7 nitrogen and oxygen atoms in total. The van der Waals surface area contributed by atoms with Crippen LogP contribution in [0.5, 0.6) is 0 Å². The Labute approximate surface area is 158 Å². The summed E-state index contributed by atoms with van der Waals surface area (Å²) in [5.41, 5.74) is -1.08. The van der Waals surface area contributed by atoms with Gasteiger partial charge in [-0.25, -0.2) is 4.79 Å². The van der Waals surface area contributed by atoms with Gasteiger partial charge in [-0.15, -0.1) is 0 Å². The van der Waals surface area contributed by atoms with Crippen LogP contribution in [0.25, 0.3) is 0 Å². The molecule has 28 heavy (non-hydrogen) atoms. The number of aliphatic hydroxyl groups is 1. The Balaban J connectivity index is 1.81. The number of halogens is 3. The van der Waals surface area contributed by atoms with Crippen LogP contribution >= 0.6 is 0 Å². The summed E-state index contributed by atoms with van der Waals surface area (Å²) in [6, 6.07) is 0.448. The first-order valence-electron chi connectivity index (χ1n) is 8.79. The number of pyridine rings is 1. The molecule has 0 saturated heterocycles. The molecule has 3 N–H and O–H groups in total. The minimum Gasteiger partial charge on any atom is -0.465 e.